The molecule has 0 spiro atoms. The summed E-state index contributed by atoms with van der Waals surface area (Å²) in [5.74, 6) is -1.14. The molecule has 0 amide bonds. The van der Waals surface area contributed by atoms with Crippen LogP contribution in [0, 0.1) is 0 Å². The summed E-state index contributed by atoms with van der Waals surface area (Å²) in [4.78, 5) is 11.1. The Bertz CT molecular complexity index is 365. The highest BCUT2D eigenvalue weighted by Gasteiger charge is 2.41. The van der Waals surface area contributed by atoms with Gasteiger partial charge in [-0.1, -0.05) is 30.3 Å². The number of carbonyl (C=O) groups is 1. The summed E-state index contributed by atoms with van der Waals surface area (Å²) in [7, 11) is 1.56. The van der Waals surface area contributed by atoms with E-state index in [0.717, 1.165) is 11.8 Å². The molecule has 1 fully saturated rings. The highest BCUT2D eigenvalue weighted by atomic mass is 16.8. The van der Waals surface area contributed by atoms with Crippen LogP contribution in [0.25, 0.3) is 0 Å². The summed E-state index contributed by atoms with van der Waals surface area (Å²) in [6, 6.07) is 9.69. The Labute approximate surface area is 100 Å². The van der Waals surface area contributed by atoms with Crippen molar-refractivity contribution in [3.63, 3.8) is 0 Å². The molecule has 0 N–H and O–H groups in total. The van der Waals surface area contributed by atoms with Gasteiger partial charge in [-0.3, -0.25) is 4.79 Å². The molecule has 4 nitrogen and oxygen atoms in total. The normalized spacial score (nSPS) is 28.2. The molecule has 1 aromatic rings. The Morgan fingerprint density at radius 3 is 2.82 bits per heavy atom. The van der Waals surface area contributed by atoms with E-state index in [1.54, 1.807) is 7.11 Å². The third-order valence-corrected chi connectivity index (χ3v) is 2.83. The van der Waals surface area contributed by atoms with Crippen LogP contribution < -0.4 is 0 Å². The SMILES string of the molecule is COC1CCC(C=O)(OCc2ccccc2)O1. The molecule has 0 aromatic heterocycles. The summed E-state index contributed by atoms with van der Waals surface area (Å²) in [5, 5.41) is 0. The fraction of sp³-hybridized carbons (Fsp3) is 0.462. The second-order valence-electron chi connectivity index (χ2n) is 4.03. The lowest BCUT2D eigenvalue weighted by Gasteiger charge is -2.23. The minimum atomic E-state index is -1.14. The maximum absolute atomic E-state index is 11.1. The Balaban J connectivity index is 1.95. The van der Waals surface area contributed by atoms with Gasteiger partial charge in [-0.05, 0) is 5.56 Å². The van der Waals surface area contributed by atoms with Crippen molar-refractivity contribution in [1.82, 2.24) is 0 Å². The number of rotatable bonds is 5. The lowest BCUT2D eigenvalue weighted by Crippen LogP contribution is -2.34. The minimum Gasteiger partial charge on any atom is -0.356 e. The van der Waals surface area contributed by atoms with Crippen molar-refractivity contribution in [2.24, 2.45) is 0 Å². The second-order valence-corrected chi connectivity index (χ2v) is 4.03. The van der Waals surface area contributed by atoms with E-state index in [-0.39, 0.29) is 6.29 Å². The molecule has 1 aliphatic rings. The van der Waals surface area contributed by atoms with E-state index in [2.05, 4.69) is 0 Å². The van der Waals surface area contributed by atoms with Crippen molar-refractivity contribution in [3.05, 3.63) is 35.9 Å². The van der Waals surface area contributed by atoms with Gasteiger partial charge in [0.05, 0.1) is 6.61 Å². The first kappa shape index (κ1) is 12.2. The quantitative estimate of drug-likeness (QED) is 0.732. The molecule has 17 heavy (non-hydrogen) atoms. The van der Waals surface area contributed by atoms with Crippen molar-refractivity contribution in [1.29, 1.82) is 0 Å². The zero-order valence-electron chi connectivity index (χ0n) is 9.80. The standard InChI is InChI=1S/C13H16O4/c1-15-12-7-8-13(10-14,17-12)16-9-11-5-3-2-4-6-11/h2-6,10,12H,7-9H2,1H3. The van der Waals surface area contributed by atoms with Crippen molar-refractivity contribution in [2.75, 3.05) is 7.11 Å². The largest absolute Gasteiger partial charge is 0.356 e. The number of ether oxygens (including phenoxy) is 3. The molecular weight excluding hydrogens is 220 g/mol. The molecule has 0 bridgehead atoms. The lowest BCUT2D eigenvalue weighted by molar-refractivity contribution is -0.251. The van der Waals surface area contributed by atoms with Gasteiger partial charge < -0.3 is 14.2 Å². The third-order valence-electron chi connectivity index (χ3n) is 2.83. The van der Waals surface area contributed by atoms with Gasteiger partial charge in [0, 0.05) is 20.0 Å². The predicted molar refractivity (Wildman–Crippen MR) is 61.1 cm³/mol. The van der Waals surface area contributed by atoms with Crippen LogP contribution in [0.4, 0.5) is 0 Å². The van der Waals surface area contributed by atoms with Gasteiger partial charge in [-0.2, -0.15) is 0 Å². The summed E-state index contributed by atoms with van der Waals surface area (Å²) in [6.07, 6.45) is 1.57. The first-order valence-corrected chi connectivity index (χ1v) is 5.63. The van der Waals surface area contributed by atoms with Gasteiger partial charge in [0.15, 0.2) is 12.6 Å². The lowest BCUT2D eigenvalue weighted by atomic mass is 10.2. The van der Waals surface area contributed by atoms with Crippen molar-refractivity contribution in [3.8, 4) is 0 Å². The zero-order chi connectivity index (χ0) is 12.1. The van der Waals surface area contributed by atoms with E-state index in [1.807, 2.05) is 30.3 Å². The molecular formula is C13H16O4. The summed E-state index contributed by atoms with van der Waals surface area (Å²) in [6.45, 7) is 0.357. The molecule has 2 rings (SSSR count). The molecule has 1 aromatic carbocycles. The molecule has 92 valence electrons. The van der Waals surface area contributed by atoms with Crippen LogP contribution in [0.2, 0.25) is 0 Å². The van der Waals surface area contributed by atoms with Crippen LogP contribution in [-0.2, 0) is 25.6 Å². The molecule has 2 unspecified atom stereocenters. The van der Waals surface area contributed by atoms with Crippen LogP contribution in [0.3, 0.4) is 0 Å². The monoisotopic (exact) mass is 236 g/mol. The van der Waals surface area contributed by atoms with E-state index in [0.29, 0.717) is 19.4 Å². The van der Waals surface area contributed by atoms with E-state index in [9.17, 15) is 4.79 Å². The first-order valence-electron chi connectivity index (χ1n) is 5.63. The second kappa shape index (κ2) is 5.40. The Morgan fingerprint density at radius 2 is 2.24 bits per heavy atom. The van der Waals surface area contributed by atoms with Gasteiger partial charge in [-0.15, -0.1) is 0 Å². The number of hydrogen-bond donors (Lipinski definition) is 0. The molecule has 1 heterocycles. The number of benzene rings is 1. The van der Waals surface area contributed by atoms with Crippen molar-refractivity contribution in [2.45, 2.75) is 31.5 Å². The smallest absolute Gasteiger partial charge is 0.228 e. The average Bonchev–Trinajstić information content (AvgIpc) is 2.82. The summed E-state index contributed by atoms with van der Waals surface area (Å²) in [5.41, 5.74) is 1.01. The highest BCUT2D eigenvalue weighted by Crippen LogP contribution is 2.31. The van der Waals surface area contributed by atoms with Gasteiger partial charge in [0.2, 0.25) is 5.79 Å². The fourth-order valence-electron chi connectivity index (χ4n) is 1.83. The van der Waals surface area contributed by atoms with E-state index in [1.165, 1.54) is 0 Å². The molecule has 1 saturated heterocycles. The van der Waals surface area contributed by atoms with Gasteiger partial charge >= 0.3 is 0 Å². The third kappa shape index (κ3) is 2.91. The highest BCUT2D eigenvalue weighted by molar-refractivity contribution is 5.60. The first-order chi connectivity index (χ1) is 8.28. The molecule has 0 aliphatic carbocycles. The van der Waals surface area contributed by atoms with Gasteiger partial charge in [0.25, 0.3) is 0 Å². The van der Waals surface area contributed by atoms with Gasteiger partial charge in [-0.25, -0.2) is 0 Å². The Morgan fingerprint density at radius 1 is 1.47 bits per heavy atom. The molecule has 0 radical (unpaired) electrons. The fourth-order valence-corrected chi connectivity index (χ4v) is 1.83. The van der Waals surface area contributed by atoms with Crippen LogP contribution in [0.5, 0.6) is 0 Å². The minimum absolute atomic E-state index is 0.351. The average molecular weight is 236 g/mol. The van der Waals surface area contributed by atoms with E-state index < -0.39 is 5.79 Å². The Kier molecular flexibility index (Phi) is 3.89. The Hall–Kier alpha value is -1.23. The van der Waals surface area contributed by atoms with Crippen LogP contribution >= 0.6 is 0 Å². The van der Waals surface area contributed by atoms with Crippen LogP contribution in [0.15, 0.2) is 30.3 Å². The van der Waals surface area contributed by atoms with E-state index >= 15 is 0 Å². The summed E-state index contributed by atoms with van der Waals surface area (Å²) >= 11 is 0. The zero-order valence-corrected chi connectivity index (χ0v) is 9.80. The number of carbonyl (C=O) groups excluding carboxylic acids is 1. The number of hydrogen-bond acceptors (Lipinski definition) is 4. The number of aldehydes is 1. The molecule has 4 heteroatoms. The van der Waals surface area contributed by atoms with E-state index in [4.69, 9.17) is 14.2 Å². The van der Waals surface area contributed by atoms with Gasteiger partial charge in [0.1, 0.15) is 0 Å². The predicted octanol–water partition coefficient (Wildman–Crippen LogP) is 1.88. The molecule has 0 saturated carbocycles. The van der Waals surface area contributed by atoms with Crippen molar-refractivity contribution < 1.29 is 19.0 Å². The maximum atomic E-state index is 11.1. The molecule has 2 atom stereocenters. The summed E-state index contributed by atoms with van der Waals surface area (Å²) < 4.78 is 16.1. The van der Waals surface area contributed by atoms with Crippen molar-refractivity contribution >= 4 is 6.29 Å². The van der Waals surface area contributed by atoms with Crippen LogP contribution in [-0.4, -0.2) is 25.5 Å². The van der Waals surface area contributed by atoms with Crippen LogP contribution in [0.1, 0.15) is 18.4 Å². The number of methoxy groups -OCH3 is 1. The topological polar surface area (TPSA) is 44.8 Å². The maximum Gasteiger partial charge on any atom is 0.228 e. The molecule has 1 aliphatic heterocycles.